The third-order valence-corrected chi connectivity index (χ3v) is 3.88. The van der Waals surface area contributed by atoms with Crippen LogP contribution in [0.2, 0.25) is 0 Å². The normalized spacial score (nSPS) is 19.1. The first kappa shape index (κ1) is 11.6. The van der Waals surface area contributed by atoms with Gasteiger partial charge in [0.25, 0.3) is 0 Å². The molecule has 4 heteroatoms. The van der Waals surface area contributed by atoms with Crippen LogP contribution in [0.3, 0.4) is 0 Å². The first-order chi connectivity index (χ1) is 7.60. The van der Waals surface area contributed by atoms with E-state index in [1.807, 2.05) is 0 Å². The molecule has 0 aliphatic heterocycles. The lowest BCUT2D eigenvalue weighted by Gasteiger charge is -2.14. The number of nitrogens with one attached hydrogen (secondary N) is 1. The van der Waals surface area contributed by atoms with Crippen LogP contribution >= 0.6 is 11.3 Å². The van der Waals surface area contributed by atoms with Crippen LogP contribution in [0.15, 0.2) is 17.5 Å². The zero-order valence-corrected chi connectivity index (χ0v) is 10.3. The van der Waals surface area contributed by atoms with Crippen molar-refractivity contribution in [1.29, 1.82) is 0 Å². The highest BCUT2D eigenvalue weighted by molar-refractivity contribution is 7.09. The summed E-state index contributed by atoms with van der Waals surface area (Å²) in [6, 6.07) is 4.19. The molecule has 0 aromatic carbocycles. The highest BCUT2D eigenvalue weighted by Gasteiger charge is 2.45. The maximum Gasteiger partial charge on any atom is 0.240 e. The van der Waals surface area contributed by atoms with Crippen molar-refractivity contribution in [2.24, 2.45) is 11.7 Å². The molecule has 3 nitrogen and oxygen atoms in total. The van der Waals surface area contributed by atoms with E-state index in [1.165, 1.54) is 4.88 Å². The van der Waals surface area contributed by atoms with Gasteiger partial charge in [0.15, 0.2) is 0 Å². The van der Waals surface area contributed by atoms with E-state index in [-0.39, 0.29) is 5.91 Å². The minimum Gasteiger partial charge on any atom is -0.354 e. The lowest BCUT2D eigenvalue weighted by molar-refractivity contribution is -0.123. The number of nitrogens with two attached hydrogens (primary N) is 1. The average molecular weight is 238 g/mol. The van der Waals surface area contributed by atoms with E-state index < -0.39 is 5.54 Å². The summed E-state index contributed by atoms with van der Waals surface area (Å²) in [5.74, 6) is 0.482. The molecular weight excluding hydrogens is 220 g/mol. The number of amides is 1. The molecule has 1 fully saturated rings. The summed E-state index contributed by atoms with van der Waals surface area (Å²) < 4.78 is 0. The Morgan fingerprint density at radius 3 is 3.00 bits per heavy atom. The molecule has 1 aliphatic rings. The van der Waals surface area contributed by atoms with E-state index in [2.05, 4.69) is 29.8 Å². The lowest BCUT2D eigenvalue weighted by atomic mass is 10.1. The van der Waals surface area contributed by atoms with Gasteiger partial charge in [-0.3, -0.25) is 4.79 Å². The van der Waals surface area contributed by atoms with E-state index in [0.717, 1.165) is 25.8 Å². The average Bonchev–Trinajstić information content (AvgIpc) is 2.79. The largest absolute Gasteiger partial charge is 0.354 e. The summed E-state index contributed by atoms with van der Waals surface area (Å²) in [6.07, 6.45) is 2.69. The Bertz CT molecular complexity index is 357. The van der Waals surface area contributed by atoms with Gasteiger partial charge in [-0.25, -0.2) is 0 Å². The van der Waals surface area contributed by atoms with Crippen LogP contribution < -0.4 is 11.1 Å². The summed E-state index contributed by atoms with van der Waals surface area (Å²) in [7, 11) is 0. The molecule has 1 aliphatic carbocycles. The van der Waals surface area contributed by atoms with Crippen molar-refractivity contribution in [2.75, 3.05) is 6.54 Å². The van der Waals surface area contributed by atoms with Crippen molar-refractivity contribution in [3.05, 3.63) is 22.4 Å². The predicted molar refractivity (Wildman–Crippen MR) is 66.3 cm³/mol. The van der Waals surface area contributed by atoms with Crippen molar-refractivity contribution in [3.63, 3.8) is 0 Å². The fourth-order valence-corrected chi connectivity index (χ4v) is 2.52. The highest BCUT2D eigenvalue weighted by atomic mass is 32.1. The quantitative estimate of drug-likeness (QED) is 0.817. The third kappa shape index (κ3) is 2.83. The van der Waals surface area contributed by atoms with Crippen molar-refractivity contribution in [2.45, 2.75) is 31.7 Å². The Kier molecular flexibility index (Phi) is 3.30. The highest BCUT2D eigenvalue weighted by Crippen LogP contribution is 2.32. The fraction of sp³-hybridized carbons (Fsp3) is 0.583. The van der Waals surface area contributed by atoms with Gasteiger partial charge >= 0.3 is 0 Å². The minimum absolute atomic E-state index is 0.0190. The van der Waals surface area contributed by atoms with Crippen LogP contribution in [-0.2, 0) is 11.2 Å². The molecule has 0 radical (unpaired) electrons. The van der Waals surface area contributed by atoms with Gasteiger partial charge < -0.3 is 11.1 Å². The molecule has 0 bridgehead atoms. The number of thiophene rings is 1. The predicted octanol–water partition coefficient (Wildman–Crippen LogP) is 1.53. The van der Waals surface area contributed by atoms with Crippen molar-refractivity contribution in [1.82, 2.24) is 5.32 Å². The Morgan fingerprint density at radius 1 is 1.69 bits per heavy atom. The zero-order chi connectivity index (χ0) is 11.6. The van der Waals surface area contributed by atoms with Crippen molar-refractivity contribution in [3.8, 4) is 0 Å². The van der Waals surface area contributed by atoms with Crippen LogP contribution in [0.5, 0.6) is 0 Å². The molecule has 1 atom stereocenters. The minimum atomic E-state index is -0.539. The first-order valence-electron chi connectivity index (χ1n) is 5.70. The van der Waals surface area contributed by atoms with Gasteiger partial charge in [-0.2, -0.15) is 0 Å². The van der Waals surface area contributed by atoms with E-state index >= 15 is 0 Å². The number of rotatable bonds is 5. The van der Waals surface area contributed by atoms with Gasteiger partial charge in [0, 0.05) is 11.4 Å². The molecule has 1 saturated carbocycles. The van der Waals surface area contributed by atoms with Gasteiger partial charge in [-0.1, -0.05) is 13.0 Å². The van der Waals surface area contributed by atoms with Crippen molar-refractivity contribution >= 4 is 17.2 Å². The van der Waals surface area contributed by atoms with E-state index in [0.29, 0.717) is 5.92 Å². The molecule has 88 valence electrons. The zero-order valence-electron chi connectivity index (χ0n) is 9.53. The maximum atomic E-state index is 11.6. The van der Waals surface area contributed by atoms with Gasteiger partial charge in [-0.05, 0) is 36.6 Å². The van der Waals surface area contributed by atoms with Gasteiger partial charge in [-0.15, -0.1) is 11.3 Å². The molecule has 0 spiro atoms. The topological polar surface area (TPSA) is 55.1 Å². The van der Waals surface area contributed by atoms with Crippen LogP contribution in [-0.4, -0.2) is 18.0 Å². The van der Waals surface area contributed by atoms with Gasteiger partial charge in [0.2, 0.25) is 5.91 Å². The van der Waals surface area contributed by atoms with Gasteiger partial charge in [0.05, 0.1) is 5.54 Å². The third-order valence-electron chi connectivity index (χ3n) is 2.98. The molecule has 1 heterocycles. The van der Waals surface area contributed by atoms with Crippen LogP contribution in [0, 0.1) is 5.92 Å². The summed E-state index contributed by atoms with van der Waals surface area (Å²) in [5.41, 5.74) is 5.26. The summed E-state index contributed by atoms with van der Waals surface area (Å²) in [6.45, 7) is 2.87. The Hall–Kier alpha value is -0.870. The van der Waals surface area contributed by atoms with E-state index in [4.69, 9.17) is 5.73 Å². The Balaban J connectivity index is 1.71. The number of carbonyl (C=O) groups excluding carboxylic acids is 1. The molecule has 0 saturated heterocycles. The van der Waals surface area contributed by atoms with Gasteiger partial charge in [0.1, 0.15) is 0 Å². The van der Waals surface area contributed by atoms with E-state index in [1.54, 1.807) is 11.3 Å². The molecule has 1 unspecified atom stereocenters. The molecular formula is C12H18N2OS. The Morgan fingerprint density at radius 2 is 2.44 bits per heavy atom. The fourth-order valence-electron chi connectivity index (χ4n) is 1.65. The maximum absolute atomic E-state index is 11.6. The van der Waals surface area contributed by atoms with E-state index in [9.17, 15) is 4.79 Å². The molecule has 16 heavy (non-hydrogen) atoms. The summed E-state index contributed by atoms with van der Waals surface area (Å²) in [5, 5.41) is 5.02. The second-order valence-corrected chi connectivity index (χ2v) is 5.79. The lowest BCUT2D eigenvalue weighted by Crippen LogP contribution is -2.44. The molecule has 2 rings (SSSR count). The van der Waals surface area contributed by atoms with Crippen LogP contribution in [0.25, 0.3) is 0 Å². The van der Waals surface area contributed by atoms with Crippen molar-refractivity contribution < 1.29 is 4.79 Å². The molecule has 1 aromatic rings. The molecule has 1 aromatic heterocycles. The van der Waals surface area contributed by atoms with Crippen LogP contribution in [0.1, 0.15) is 24.6 Å². The number of carbonyl (C=O) groups is 1. The smallest absolute Gasteiger partial charge is 0.240 e. The second-order valence-electron chi connectivity index (χ2n) is 4.75. The monoisotopic (exact) mass is 238 g/mol. The molecule has 3 N–H and O–H groups in total. The SMILES string of the molecule is CC(CNC(=O)C1(N)CC1)Cc1cccs1. The first-order valence-corrected chi connectivity index (χ1v) is 6.58. The van der Waals surface area contributed by atoms with Crippen LogP contribution in [0.4, 0.5) is 0 Å². The standard InChI is InChI=1S/C12H18N2OS/c1-9(7-10-3-2-6-16-10)8-14-11(15)12(13)4-5-12/h2-3,6,9H,4-5,7-8,13H2,1H3,(H,14,15). The second kappa shape index (κ2) is 4.55. The summed E-state index contributed by atoms with van der Waals surface area (Å²) >= 11 is 1.77. The summed E-state index contributed by atoms with van der Waals surface area (Å²) in [4.78, 5) is 13.0. The molecule has 1 amide bonds. The Labute approximate surface area is 100 Å². The number of hydrogen-bond donors (Lipinski definition) is 2. The number of hydrogen-bond acceptors (Lipinski definition) is 3.